The largest absolute Gasteiger partial charge is 0.378 e. The topological polar surface area (TPSA) is 77.2 Å². The van der Waals surface area contributed by atoms with E-state index in [-0.39, 0.29) is 5.41 Å². The molecule has 0 amide bonds. The number of hydrogen-bond acceptors (Lipinski definition) is 6. The highest BCUT2D eigenvalue weighted by Gasteiger charge is 2.55. The van der Waals surface area contributed by atoms with Crippen LogP contribution in [0.25, 0.3) is 5.65 Å². The Balaban J connectivity index is 1.53. The molecule has 2 saturated carbocycles. The van der Waals surface area contributed by atoms with Crippen molar-refractivity contribution in [2.24, 2.45) is 5.41 Å². The molecule has 0 radical (unpaired) electrons. The molecule has 2 aromatic heterocycles. The predicted octanol–water partition coefficient (Wildman–Crippen LogP) is 2.06. The molecule has 4 rings (SSSR count). The van der Waals surface area contributed by atoms with Crippen LogP contribution in [0.15, 0.2) is 12.1 Å². The van der Waals surface area contributed by atoms with Crippen molar-refractivity contribution in [2.45, 2.75) is 57.6 Å². The molecular formula is C15H22N6O. The quantitative estimate of drug-likeness (QED) is 0.931. The molecule has 0 bridgehead atoms. The van der Waals surface area contributed by atoms with Crippen LogP contribution in [0.1, 0.15) is 45.4 Å². The van der Waals surface area contributed by atoms with Crippen molar-refractivity contribution in [1.82, 2.24) is 25.3 Å². The zero-order chi connectivity index (χ0) is 15.0. The molecule has 1 spiro atoms. The zero-order valence-corrected chi connectivity index (χ0v) is 12.9. The van der Waals surface area contributed by atoms with Crippen LogP contribution in [-0.4, -0.2) is 44.0 Å². The predicted molar refractivity (Wildman–Crippen MR) is 81.5 cm³/mol. The standard InChI is InChI=1S/C15H22N6O/c1-2-22-12-10-11(15(12)8-4-3-5-9-15)16-13-6-7-14-17-19-20-21(14)18-13/h6-7,11-12H,2-5,8-10H2,1H3,(H,16,18). The van der Waals surface area contributed by atoms with E-state index in [2.05, 4.69) is 32.9 Å². The van der Waals surface area contributed by atoms with Gasteiger partial charge in [-0.15, -0.1) is 14.8 Å². The second-order valence-electron chi connectivity index (χ2n) is 6.42. The first-order valence-electron chi connectivity index (χ1n) is 8.25. The van der Waals surface area contributed by atoms with Crippen molar-refractivity contribution in [3.05, 3.63) is 12.1 Å². The Morgan fingerprint density at radius 1 is 1.32 bits per heavy atom. The van der Waals surface area contributed by atoms with Gasteiger partial charge in [0.2, 0.25) is 0 Å². The summed E-state index contributed by atoms with van der Waals surface area (Å²) in [5, 5.41) is 19.4. The molecule has 2 aliphatic rings. The number of aromatic nitrogens is 5. The van der Waals surface area contributed by atoms with Gasteiger partial charge in [0.1, 0.15) is 5.82 Å². The van der Waals surface area contributed by atoms with Crippen molar-refractivity contribution in [3.8, 4) is 0 Å². The Bertz CT molecular complexity index is 650. The number of anilines is 1. The Hall–Kier alpha value is -1.76. The maximum atomic E-state index is 6.00. The molecular weight excluding hydrogens is 280 g/mol. The van der Waals surface area contributed by atoms with E-state index >= 15 is 0 Å². The van der Waals surface area contributed by atoms with Gasteiger partial charge in [-0.1, -0.05) is 19.3 Å². The minimum Gasteiger partial charge on any atom is -0.378 e. The van der Waals surface area contributed by atoms with E-state index in [1.165, 1.54) is 36.7 Å². The summed E-state index contributed by atoms with van der Waals surface area (Å²) in [4.78, 5) is 0. The fourth-order valence-corrected chi connectivity index (χ4v) is 4.17. The third-order valence-electron chi connectivity index (χ3n) is 5.33. The van der Waals surface area contributed by atoms with Crippen molar-refractivity contribution in [3.63, 3.8) is 0 Å². The van der Waals surface area contributed by atoms with Gasteiger partial charge in [0.15, 0.2) is 5.65 Å². The number of rotatable bonds is 4. The van der Waals surface area contributed by atoms with Crippen LogP contribution in [0.3, 0.4) is 0 Å². The Morgan fingerprint density at radius 2 is 2.18 bits per heavy atom. The first-order valence-corrected chi connectivity index (χ1v) is 8.25. The summed E-state index contributed by atoms with van der Waals surface area (Å²) in [6.45, 7) is 2.89. The third kappa shape index (κ3) is 2.15. The van der Waals surface area contributed by atoms with E-state index < -0.39 is 0 Å². The van der Waals surface area contributed by atoms with E-state index in [0.29, 0.717) is 17.8 Å². The van der Waals surface area contributed by atoms with Gasteiger partial charge in [0, 0.05) is 18.1 Å². The van der Waals surface area contributed by atoms with Crippen LogP contribution in [0.4, 0.5) is 5.82 Å². The highest BCUT2D eigenvalue weighted by molar-refractivity contribution is 5.44. The van der Waals surface area contributed by atoms with Gasteiger partial charge in [-0.05, 0) is 48.7 Å². The van der Waals surface area contributed by atoms with Crippen molar-refractivity contribution in [1.29, 1.82) is 0 Å². The lowest BCUT2D eigenvalue weighted by Crippen LogP contribution is -2.62. The number of nitrogens with one attached hydrogen (secondary N) is 1. The number of nitrogens with zero attached hydrogens (tertiary/aromatic N) is 5. The van der Waals surface area contributed by atoms with Crippen LogP contribution in [0, 0.1) is 5.41 Å². The van der Waals surface area contributed by atoms with Crippen molar-refractivity contribution >= 4 is 11.5 Å². The van der Waals surface area contributed by atoms with E-state index in [1.54, 1.807) is 0 Å². The molecule has 22 heavy (non-hydrogen) atoms. The van der Waals surface area contributed by atoms with Gasteiger partial charge in [-0.25, -0.2) is 0 Å². The molecule has 118 valence electrons. The number of ether oxygens (including phenoxy) is 1. The van der Waals surface area contributed by atoms with Crippen LogP contribution < -0.4 is 5.32 Å². The lowest BCUT2D eigenvalue weighted by molar-refractivity contribution is -0.134. The maximum absolute atomic E-state index is 6.00. The van der Waals surface area contributed by atoms with Gasteiger partial charge in [-0.2, -0.15) is 0 Å². The Morgan fingerprint density at radius 3 is 3.00 bits per heavy atom. The normalized spacial score (nSPS) is 27.0. The fourth-order valence-electron chi connectivity index (χ4n) is 4.17. The molecule has 1 N–H and O–H groups in total. The van der Waals surface area contributed by atoms with Crippen LogP contribution >= 0.6 is 0 Å². The summed E-state index contributed by atoms with van der Waals surface area (Å²) in [6, 6.07) is 4.28. The minimum absolute atomic E-state index is 0.283. The number of fused-ring (bicyclic) bond motifs is 1. The average Bonchev–Trinajstić information content (AvgIpc) is 3.02. The van der Waals surface area contributed by atoms with Crippen LogP contribution in [0.5, 0.6) is 0 Å². The minimum atomic E-state index is 0.283. The van der Waals surface area contributed by atoms with Gasteiger partial charge >= 0.3 is 0 Å². The lowest BCUT2D eigenvalue weighted by atomic mass is 9.55. The summed E-state index contributed by atoms with van der Waals surface area (Å²) in [5.41, 5.74) is 0.949. The van der Waals surface area contributed by atoms with Gasteiger partial charge in [-0.3, -0.25) is 0 Å². The van der Waals surface area contributed by atoms with E-state index in [0.717, 1.165) is 18.8 Å². The second-order valence-corrected chi connectivity index (χ2v) is 6.42. The maximum Gasteiger partial charge on any atom is 0.200 e. The number of tetrazole rings is 1. The van der Waals surface area contributed by atoms with E-state index in [4.69, 9.17) is 4.74 Å². The molecule has 2 aromatic rings. The summed E-state index contributed by atoms with van der Waals surface area (Å²) in [6.07, 6.45) is 7.92. The molecule has 7 heteroatoms. The highest BCUT2D eigenvalue weighted by atomic mass is 16.5. The van der Waals surface area contributed by atoms with Crippen LogP contribution in [-0.2, 0) is 4.74 Å². The second kappa shape index (κ2) is 5.46. The molecule has 0 aromatic carbocycles. The van der Waals surface area contributed by atoms with Crippen molar-refractivity contribution in [2.75, 3.05) is 11.9 Å². The molecule has 2 aliphatic carbocycles. The summed E-state index contributed by atoms with van der Waals surface area (Å²) in [7, 11) is 0. The SMILES string of the molecule is CCOC1CC(Nc2ccc3nnnn3n2)C12CCCCC2. The fraction of sp³-hybridized carbons (Fsp3) is 0.733. The molecule has 0 aliphatic heterocycles. The van der Waals surface area contributed by atoms with Crippen molar-refractivity contribution < 1.29 is 4.74 Å². The summed E-state index contributed by atoms with van der Waals surface area (Å²) in [5.74, 6) is 0.838. The van der Waals surface area contributed by atoms with E-state index in [1.807, 2.05) is 12.1 Å². The summed E-state index contributed by atoms with van der Waals surface area (Å²) >= 11 is 0. The Kier molecular flexibility index (Phi) is 3.44. The average molecular weight is 302 g/mol. The molecule has 2 atom stereocenters. The molecule has 2 fully saturated rings. The molecule has 0 saturated heterocycles. The molecule has 2 unspecified atom stereocenters. The monoisotopic (exact) mass is 302 g/mol. The third-order valence-corrected chi connectivity index (χ3v) is 5.33. The van der Waals surface area contributed by atoms with Gasteiger partial charge < -0.3 is 10.1 Å². The summed E-state index contributed by atoms with van der Waals surface area (Å²) < 4.78 is 7.47. The van der Waals surface area contributed by atoms with Gasteiger partial charge in [0.05, 0.1) is 6.10 Å². The Labute approximate surface area is 129 Å². The lowest BCUT2D eigenvalue weighted by Gasteiger charge is -2.57. The molecule has 2 heterocycles. The first kappa shape index (κ1) is 13.9. The highest BCUT2D eigenvalue weighted by Crippen LogP contribution is 2.54. The number of hydrogen-bond donors (Lipinski definition) is 1. The van der Waals surface area contributed by atoms with E-state index in [9.17, 15) is 0 Å². The van der Waals surface area contributed by atoms with Gasteiger partial charge in [0.25, 0.3) is 0 Å². The zero-order valence-electron chi connectivity index (χ0n) is 12.9. The molecule has 7 nitrogen and oxygen atoms in total. The van der Waals surface area contributed by atoms with Crippen LogP contribution in [0.2, 0.25) is 0 Å². The first-order chi connectivity index (χ1) is 10.8. The smallest absolute Gasteiger partial charge is 0.200 e.